The number of hydrogen-bond donors (Lipinski definition) is 2. The van der Waals surface area contributed by atoms with Gasteiger partial charge in [0, 0.05) is 6.42 Å². The summed E-state index contributed by atoms with van der Waals surface area (Å²) in [6, 6.07) is 8.50. The van der Waals surface area contributed by atoms with E-state index in [1.807, 2.05) is 6.92 Å². The van der Waals surface area contributed by atoms with Gasteiger partial charge in [0.2, 0.25) is 0 Å². The summed E-state index contributed by atoms with van der Waals surface area (Å²) < 4.78 is 0. The van der Waals surface area contributed by atoms with Crippen LogP contribution in [0.4, 0.5) is 0 Å². The van der Waals surface area contributed by atoms with Crippen LogP contribution in [0.1, 0.15) is 30.9 Å². The minimum Gasteiger partial charge on any atom is -0.390 e. The highest BCUT2D eigenvalue weighted by Gasteiger charge is 2.32. The average molecular weight is 233 g/mol. The molecule has 1 fully saturated rings. The van der Waals surface area contributed by atoms with Crippen LogP contribution in [0.25, 0.3) is 0 Å². The van der Waals surface area contributed by atoms with Gasteiger partial charge in [-0.15, -0.1) is 0 Å². The Balaban J connectivity index is 2.02. The maximum Gasteiger partial charge on any atom is 0.0688 e. The standard InChI is InChI=1S/C15H23NO/c1-12-3-5-13(6-4-12)11-15(2,17)14-7-9-16-10-8-14/h3-6,14,16-17H,7-11H2,1-2H3. The van der Waals surface area contributed by atoms with Crippen molar-refractivity contribution in [2.75, 3.05) is 13.1 Å². The molecule has 1 saturated heterocycles. The first-order valence-electron chi connectivity index (χ1n) is 6.56. The SMILES string of the molecule is Cc1ccc(CC(C)(O)C2CCNCC2)cc1. The molecule has 1 heterocycles. The summed E-state index contributed by atoms with van der Waals surface area (Å²) in [7, 11) is 0. The fraction of sp³-hybridized carbons (Fsp3) is 0.600. The van der Waals surface area contributed by atoms with E-state index in [0.29, 0.717) is 5.92 Å². The Morgan fingerprint density at radius 1 is 1.24 bits per heavy atom. The largest absolute Gasteiger partial charge is 0.390 e. The summed E-state index contributed by atoms with van der Waals surface area (Å²) in [4.78, 5) is 0. The average Bonchev–Trinajstić information content (AvgIpc) is 2.33. The van der Waals surface area contributed by atoms with Crippen LogP contribution in [0, 0.1) is 12.8 Å². The molecule has 2 nitrogen and oxygen atoms in total. The zero-order valence-electron chi connectivity index (χ0n) is 10.9. The number of aliphatic hydroxyl groups is 1. The predicted molar refractivity (Wildman–Crippen MR) is 71.1 cm³/mol. The van der Waals surface area contributed by atoms with E-state index < -0.39 is 5.60 Å². The third kappa shape index (κ3) is 3.30. The van der Waals surface area contributed by atoms with Gasteiger partial charge < -0.3 is 10.4 Å². The van der Waals surface area contributed by atoms with E-state index in [0.717, 1.165) is 32.4 Å². The van der Waals surface area contributed by atoms with Crippen LogP contribution >= 0.6 is 0 Å². The molecule has 0 aromatic heterocycles. The van der Waals surface area contributed by atoms with Crippen molar-refractivity contribution in [3.63, 3.8) is 0 Å². The van der Waals surface area contributed by atoms with Gasteiger partial charge in [0.05, 0.1) is 5.60 Å². The van der Waals surface area contributed by atoms with E-state index >= 15 is 0 Å². The Morgan fingerprint density at radius 2 is 1.82 bits per heavy atom. The van der Waals surface area contributed by atoms with Crippen LogP contribution in [-0.2, 0) is 6.42 Å². The maximum atomic E-state index is 10.6. The van der Waals surface area contributed by atoms with E-state index in [-0.39, 0.29) is 0 Å². The summed E-state index contributed by atoms with van der Waals surface area (Å²) >= 11 is 0. The minimum absolute atomic E-state index is 0.421. The van der Waals surface area contributed by atoms with Crippen LogP contribution in [0.2, 0.25) is 0 Å². The topological polar surface area (TPSA) is 32.3 Å². The van der Waals surface area contributed by atoms with Crippen molar-refractivity contribution in [3.8, 4) is 0 Å². The first-order valence-corrected chi connectivity index (χ1v) is 6.56. The summed E-state index contributed by atoms with van der Waals surface area (Å²) in [6.45, 7) is 6.15. The summed E-state index contributed by atoms with van der Waals surface area (Å²) in [6.07, 6.45) is 2.93. The number of rotatable bonds is 3. The molecule has 1 aromatic carbocycles. The first kappa shape index (κ1) is 12.6. The lowest BCUT2D eigenvalue weighted by Gasteiger charge is -2.36. The number of aryl methyl sites for hydroxylation is 1. The van der Waals surface area contributed by atoms with Gasteiger partial charge in [0.15, 0.2) is 0 Å². The molecule has 2 N–H and O–H groups in total. The van der Waals surface area contributed by atoms with E-state index in [4.69, 9.17) is 0 Å². The molecule has 1 aliphatic heterocycles. The molecule has 0 aliphatic carbocycles. The van der Waals surface area contributed by atoms with Crippen molar-refractivity contribution in [1.82, 2.24) is 5.32 Å². The fourth-order valence-corrected chi connectivity index (χ4v) is 2.71. The van der Waals surface area contributed by atoms with Crippen LogP contribution < -0.4 is 5.32 Å². The van der Waals surface area contributed by atoms with Crippen LogP contribution in [0.15, 0.2) is 24.3 Å². The highest BCUT2D eigenvalue weighted by Crippen LogP contribution is 2.29. The molecular weight excluding hydrogens is 210 g/mol. The Hall–Kier alpha value is -0.860. The van der Waals surface area contributed by atoms with Crippen LogP contribution in [0.5, 0.6) is 0 Å². The number of hydrogen-bond acceptors (Lipinski definition) is 2. The van der Waals surface area contributed by atoms with E-state index in [1.54, 1.807) is 0 Å². The van der Waals surface area contributed by atoms with Crippen molar-refractivity contribution >= 4 is 0 Å². The number of nitrogens with one attached hydrogen (secondary N) is 1. The second kappa shape index (κ2) is 5.19. The van der Waals surface area contributed by atoms with Crippen molar-refractivity contribution in [1.29, 1.82) is 0 Å². The van der Waals surface area contributed by atoms with E-state index in [9.17, 15) is 5.11 Å². The molecular formula is C15H23NO. The molecule has 94 valence electrons. The Bertz CT molecular complexity index is 350. The molecule has 0 spiro atoms. The van der Waals surface area contributed by atoms with Crippen molar-refractivity contribution < 1.29 is 5.11 Å². The summed E-state index contributed by atoms with van der Waals surface area (Å²) in [5.74, 6) is 0.421. The van der Waals surface area contributed by atoms with Gasteiger partial charge in [-0.3, -0.25) is 0 Å². The Morgan fingerprint density at radius 3 is 2.41 bits per heavy atom. The lowest BCUT2D eigenvalue weighted by atomic mass is 9.78. The fourth-order valence-electron chi connectivity index (χ4n) is 2.71. The summed E-state index contributed by atoms with van der Waals surface area (Å²) in [5, 5.41) is 14.0. The smallest absolute Gasteiger partial charge is 0.0688 e. The van der Waals surface area contributed by atoms with Crippen molar-refractivity contribution in [3.05, 3.63) is 35.4 Å². The maximum absolute atomic E-state index is 10.6. The molecule has 0 saturated carbocycles. The first-order chi connectivity index (χ1) is 8.08. The summed E-state index contributed by atoms with van der Waals surface area (Å²) in [5.41, 5.74) is 1.94. The number of benzene rings is 1. The van der Waals surface area contributed by atoms with Gasteiger partial charge in [-0.1, -0.05) is 29.8 Å². The third-order valence-electron chi connectivity index (χ3n) is 3.90. The molecule has 2 rings (SSSR count). The van der Waals surface area contributed by atoms with Crippen molar-refractivity contribution in [2.24, 2.45) is 5.92 Å². The molecule has 1 aromatic rings. The second-order valence-corrected chi connectivity index (χ2v) is 5.54. The Labute approximate surface area is 104 Å². The van der Waals surface area contributed by atoms with Gasteiger partial charge in [-0.25, -0.2) is 0 Å². The van der Waals surface area contributed by atoms with E-state index in [2.05, 4.69) is 36.5 Å². The predicted octanol–water partition coefficient (Wildman–Crippen LogP) is 2.29. The Kier molecular flexibility index (Phi) is 3.85. The number of piperidine rings is 1. The molecule has 0 radical (unpaired) electrons. The highest BCUT2D eigenvalue weighted by atomic mass is 16.3. The third-order valence-corrected chi connectivity index (χ3v) is 3.90. The second-order valence-electron chi connectivity index (χ2n) is 5.54. The van der Waals surface area contributed by atoms with Gasteiger partial charge in [0.1, 0.15) is 0 Å². The van der Waals surface area contributed by atoms with Crippen LogP contribution in [0.3, 0.4) is 0 Å². The zero-order valence-corrected chi connectivity index (χ0v) is 10.9. The van der Waals surface area contributed by atoms with Crippen LogP contribution in [-0.4, -0.2) is 23.8 Å². The molecule has 0 bridgehead atoms. The normalized spacial score (nSPS) is 21.1. The quantitative estimate of drug-likeness (QED) is 0.839. The van der Waals surface area contributed by atoms with Gasteiger partial charge in [-0.2, -0.15) is 0 Å². The highest BCUT2D eigenvalue weighted by molar-refractivity contribution is 5.22. The molecule has 1 atom stereocenters. The van der Waals surface area contributed by atoms with Gasteiger partial charge in [0.25, 0.3) is 0 Å². The molecule has 1 aliphatic rings. The van der Waals surface area contributed by atoms with Crippen molar-refractivity contribution in [2.45, 2.75) is 38.7 Å². The molecule has 1 unspecified atom stereocenters. The lowest BCUT2D eigenvalue weighted by Crippen LogP contribution is -2.43. The van der Waals surface area contributed by atoms with Gasteiger partial charge in [-0.05, 0) is 51.3 Å². The monoisotopic (exact) mass is 233 g/mol. The zero-order chi connectivity index (χ0) is 12.3. The molecule has 17 heavy (non-hydrogen) atoms. The van der Waals surface area contributed by atoms with E-state index in [1.165, 1.54) is 11.1 Å². The lowest BCUT2D eigenvalue weighted by molar-refractivity contribution is -0.0131. The van der Waals surface area contributed by atoms with Gasteiger partial charge >= 0.3 is 0 Å². The minimum atomic E-state index is -0.572. The molecule has 2 heteroatoms. The molecule has 0 amide bonds.